The van der Waals surface area contributed by atoms with Crippen LogP contribution in [0, 0.1) is 5.82 Å². The molecule has 1 fully saturated rings. The third kappa shape index (κ3) is 2.25. The molecule has 0 spiro atoms. The Morgan fingerprint density at radius 2 is 2.00 bits per heavy atom. The molecule has 0 radical (unpaired) electrons. The number of anilines is 1. The number of azide groups is 1. The third-order valence-corrected chi connectivity index (χ3v) is 2.79. The van der Waals surface area contributed by atoms with Crippen LogP contribution in [0.1, 0.15) is 19.3 Å². The molecule has 4 nitrogen and oxygen atoms in total. The summed E-state index contributed by atoms with van der Waals surface area (Å²) in [6, 6.07) is 4.61. The zero-order chi connectivity index (χ0) is 11.4. The highest BCUT2D eigenvalue weighted by molar-refractivity contribution is 5.54. The van der Waals surface area contributed by atoms with E-state index in [-0.39, 0.29) is 5.82 Å². The van der Waals surface area contributed by atoms with Gasteiger partial charge in [-0.3, -0.25) is 0 Å². The van der Waals surface area contributed by atoms with E-state index in [1.807, 2.05) is 4.90 Å². The van der Waals surface area contributed by atoms with Crippen molar-refractivity contribution in [2.24, 2.45) is 5.11 Å². The maximum atomic E-state index is 13.7. The van der Waals surface area contributed by atoms with Crippen LogP contribution in [0.2, 0.25) is 0 Å². The Morgan fingerprint density at radius 3 is 2.62 bits per heavy atom. The molecule has 1 aliphatic rings. The lowest BCUT2D eigenvalue weighted by atomic mass is 10.1. The molecule has 0 N–H and O–H groups in total. The average molecular weight is 220 g/mol. The SMILES string of the molecule is [N-]=[N+]=Nc1ccc(N2CCCCC2)c(F)c1. The molecular weight excluding hydrogens is 207 g/mol. The molecule has 0 aliphatic carbocycles. The standard InChI is InChI=1S/C11H13FN4/c12-10-8-9(14-15-13)4-5-11(10)16-6-2-1-3-7-16/h4-5,8H,1-3,6-7H2. The molecule has 2 rings (SSSR count). The molecule has 1 aliphatic heterocycles. The first-order valence-corrected chi connectivity index (χ1v) is 5.41. The van der Waals surface area contributed by atoms with Crippen molar-refractivity contribution in [3.8, 4) is 0 Å². The predicted octanol–water partition coefficient (Wildman–Crippen LogP) is 3.76. The Bertz CT molecular complexity index is 420. The second-order valence-corrected chi connectivity index (χ2v) is 3.87. The van der Waals surface area contributed by atoms with E-state index in [9.17, 15) is 4.39 Å². The van der Waals surface area contributed by atoms with E-state index in [2.05, 4.69) is 10.0 Å². The van der Waals surface area contributed by atoms with Gasteiger partial charge in [0.05, 0.1) is 5.69 Å². The second-order valence-electron chi connectivity index (χ2n) is 3.87. The van der Waals surface area contributed by atoms with Crippen molar-refractivity contribution >= 4 is 11.4 Å². The van der Waals surface area contributed by atoms with Gasteiger partial charge in [-0.05, 0) is 36.9 Å². The molecular formula is C11H13FN4. The number of piperidine rings is 1. The average Bonchev–Trinajstić information content (AvgIpc) is 2.31. The van der Waals surface area contributed by atoms with Crippen molar-refractivity contribution in [2.45, 2.75) is 19.3 Å². The van der Waals surface area contributed by atoms with Crippen LogP contribution in [0.3, 0.4) is 0 Å². The van der Waals surface area contributed by atoms with Crippen LogP contribution in [0.15, 0.2) is 23.3 Å². The van der Waals surface area contributed by atoms with Crippen LogP contribution in [0.25, 0.3) is 10.4 Å². The van der Waals surface area contributed by atoms with E-state index >= 15 is 0 Å². The summed E-state index contributed by atoms with van der Waals surface area (Å²) in [6.45, 7) is 1.80. The Kier molecular flexibility index (Phi) is 3.27. The third-order valence-electron chi connectivity index (χ3n) is 2.79. The molecule has 1 heterocycles. The van der Waals surface area contributed by atoms with Crippen molar-refractivity contribution < 1.29 is 4.39 Å². The fourth-order valence-electron chi connectivity index (χ4n) is 2.00. The first-order valence-electron chi connectivity index (χ1n) is 5.41. The van der Waals surface area contributed by atoms with Crippen molar-refractivity contribution in [3.63, 3.8) is 0 Å². The van der Waals surface area contributed by atoms with Crippen molar-refractivity contribution in [2.75, 3.05) is 18.0 Å². The summed E-state index contributed by atoms with van der Waals surface area (Å²) < 4.78 is 13.7. The molecule has 0 saturated carbocycles. The summed E-state index contributed by atoms with van der Waals surface area (Å²) in [5, 5.41) is 3.38. The first-order chi connectivity index (χ1) is 7.81. The van der Waals surface area contributed by atoms with E-state index in [0.29, 0.717) is 11.4 Å². The first kappa shape index (κ1) is 10.8. The molecule has 0 bridgehead atoms. The van der Waals surface area contributed by atoms with Crippen LogP contribution in [-0.4, -0.2) is 13.1 Å². The topological polar surface area (TPSA) is 52.0 Å². The molecule has 0 unspecified atom stereocenters. The van der Waals surface area contributed by atoms with Gasteiger partial charge >= 0.3 is 0 Å². The van der Waals surface area contributed by atoms with Crippen molar-refractivity contribution in [3.05, 3.63) is 34.5 Å². The smallest absolute Gasteiger partial charge is 0.146 e. The van der Waals surface area contributed by atoms with Crippen LogP contribution in [-0.2, 0) is 0 Å². The summed E-state index contributed by atoms with van der Waals surface area (Å²) in [6.07, 6.45) is 3.43. The van der Waals surface area contributed by atoms with Gasteiger partial charge in [0.15, 0.2) is 0 Å². The number of benzene rings is 1. The van der Waals surface area contributed by atoms with Gasteiger partial charge in [0.2, 0.25) is 0 Å². The number of nitrogens with zero attached hydrogens (tertiary/aromatic N) is 4. The zero-order valence-corrected chi connectivity index (χ0v) is 8.93. The molecule has 5 heteroatoms. The number of halogens is 1. The Balaban J connectivity index is 2.24. The maximum absolute atomic E-state index is 13.7. The van der Waals surface area contributed by atoms with Crippen LogP contribution < -0.4 is 4.90 Å². The van der Waals surface area contributed by atoms with Crippen LogP contribution in [0.5, 0.6) is 0 Å². The van der Waals surface area contributed by atoms with Gasteiger partial charge in [-0.1, -0.05) is 11.2 Å². The predicted molar refractivity (Wildman–Crippen MR) is 61.3 cm³/mol. The highest BCUT2D eigenvalue weighted by atomic mass is 19.1. The summed E-state index contributed by atoms with van der Waals surface area (Å²) in [4.78, 5) is 4.67. The van der Waals surface area contributed by atoms with E-state index in [4.69, 9.17) is 5.53 Å². The highest BCUT2D eigenvalue weighted by Gasteiger charge is 2.14. The second kappa shape index (κ2) is 4.86. The quantitative estimate of drug-likeness (QED) is 0.425. The summed E-state index contributed by atoms with van der Waals surface area (Å²) in [5.41, 5.74) is 9.18. The van der Waals surface area contributed by atoms with E-state index in [1.54, 1.807) is 12.1 Å². The minimum Gasteiger partial charge on any atom is -0.369 e. The minimum absolute atomic E-state index is 0.313. The van der Waals surface area contributed by atoms with Gasteiger partial charge in [0.1, 0.15) is 5.82 Å². The molecule has 0 aromatic heterocycles. The van der Waals surface area contributed by atoms with Crippen LogP contribution in [0.4, 0.5) is 15.8 Å². The molecule has 1 aromatic carbocycles. The highest BCUT2D eigenvalue weighted by Crippen LogP contribution is 2.26. The monoisotopic (exact) mass is 220 g/mol. The molecule has 1 saturated heterocycles. The lowest BCUT2D eigenvalue weighted by Crippen LogP contribution is -2.30. The van der Waals surface area contributed by atoms with Gasteiger partial charge in [0, 0.05) is 23.7 Å². The molecule has 84 valence electrons. The van der Waals surface area contributed by atoms with Gasteiger partial charge in [0.25, 0.3) is 0 Å². The fourth-order valence-corrected chi connectivity index (χ4v) is 2.00. The Hall–Kier alpha value is -1.74. The summed E-state index contributed by atoms with van der Waals surface area (Å²) in [5.74, 6) is -0.313. The van der Waals surface area contributed by atoms with Gasteiger partial charge in [-0.25, -0.2) is 4.39 Å². The molecule has 1 aromatic rings. The normalized spacial score (nSPS) is 15.7. The van der Waals surface area contributed by atoms with E-state index < -0.39 is 0 Å². The van der Waals surface area contributed by atoms with Crippen molar-refractivity contribution in [1.82, 2.24) is 0 Å². The minimum atomic E-state index is -0.313. The van der Waals surface area contributed by atoms with Gasteiger partial charge in [-0.15, -0.1) is 0 Å². The zero-order valence-electron chi connectivity index (χ0n) is 8.93. The molecule has 16 heavy (non-hydrogen) atoms. The largest absolute Gasteiger partial charge is 0.369 e. The number of hydrogen-bond acceptors (Lipinski definition) is 2. The maximum Gasteiger partial charge on any atom is 0.146 e. The van der Waals surface area contributed by atoms with E-state index in [0.717, 1.165) is 25.9 Å². The molecule has 0 atom stereocenters. The van der Waals surface area contributed by atoms with Gasteiger partial charge < -0.3 is 4.90 Å². The van der Waals surface area contributed by atoms with E-state index in [1.165, 1.54) is 12.5 Å². The van der Waals surface area contributed by atoms with Crippen LogP contribution >= 0.6 is 0 Å². The number of hydrogen-bond donors (Lipinski definition) is 0. The summed E-state index contributed by atoms with van der Waals surface area (Å²) in [7, 11) is 0. The van der Waals surface area contributed by atoms with Gasteiger partial charge in [-0.2, -0.15) is 0 Å². The Morgan fingerprint density at radius 1 is 1.25 bits per heavy atom. The molecule has 0 amide bonds. The number of rotatable bonds is 2. The lowest BCUT2D eigenvalue weighted by molar-refractivity contribution is 0.557. The lowest BCUT2D eigenvalue weighted by Gasteiger charge is -2.29. The van der Waals surface area contributed by atoms with Crippen molar-refractivity contribution in [1.29, 1.82) is 0 Å². The Labute approximate surface area is 93.3 Å². The fraction of sp³-hybridized carbons (Fsp3) is 0.455. The summed E-state index contributed by atoms with van der Waals surface area (Å²) >= 11 is 0.